The number of sulfonamides is 1. The van der Waals surface area contributed by atoms with Gasteiger partial charge in [-0.1, -0.05) is 30.3 Å². The molecule has 3 aromatic rings. The van der Waals surface area contributed by atoms with Crippen LogP contribution < -0.4 is 4.72 Å². The van der Waals surface area contributed by atoms with Crippen LogP contribution in [0.25, 0.3) is 11.4 Å². The van der Waals surface area contributed by atoms with Gasteiger partial charge in [0.25, 0.3) is 10.0 Å². The van der Waals surface area contributed by atoms with Crippen molar-refractivity contribution in [2.75, 3.05) is 6.54 Å². The van der Waals surface area contributed by atoms with Gasteiger partial charge in [-0.15, -0.1) is 0 Å². The molecule has 0 aliphatic heterocycles. The molecule has 7 nitrogen and oxygen atoms in total. The highest BCUT2D eigenvalue weighted by atomic mass is 32.2. The van der Waals surface area contributed by atoms with Gasteiger partial charge < -0.3 is 9.13 Å². The average molecular weight is 345 g/mol. The van der Waals surface area contributed by atoms with Crippen LogP contribution in [0.4, 0.5) is 0 Å². The Bertz CT molecular complexity index is 929. The van der Waals surface area contributed by atoms with Gasteiger partial charge in [0.05, 0.1) is 6.33 Å². The number of benzene rings is 1. The van der Waals surface area contributed by atoms with Crippen molar-refractivity contribution in [1.82, 2.24) is 23.8 Å². The average Bonchev–Trinajstić information content (AvgIpc) is 3.15. The number of nitrogens with one attached hydrogen (secondary N) is 1. The zero-order valence-corrected chi connectivity index (χ0v) is 14.4. The summed E-state index contributed by atoms with van der Waals surface area (Å²) in [5.41, 5.74) is 1.98. The molecule has 2 aromatic heterocycles. The fourth-order valence-electron chi connectivity index (χ4n) is 2.45. The zero-order chi connectivity index (χ0) is 17.2. The standard InChI is InChI=1S/C16H19N5O2S/c1-13-10-17-16(14-6-4-3-5-7-14)21(13)9-8-19-24(22,23)15-11-20(2)12-18-15/h3-7,10-12,19H,8-9H2,1-2H3. The molecular formula is C16H19N5O2S. The molecule has 0 radical (unpaired) electrons. The highest BCUT2D eigenvalue weighted by molar-refractivity contribution is 7.89. The number of hydrogen-bond donors (Lipinski definition) is 1. The van der Waals surface area contributed by atoms with E-state index in [0.717, 1.165) is 17.1 Å². The Morgan fingerprint density at radius 2 is 1.92 bits per heavy atom. The van der Waals surface area contributed by atoms with Crippen molar-refractivity contribution in [3.8, 4) is 11.4 Å². The molecule has 0 amide bonds. The van der Waals surface area contributed by atoms with Gasteiger partial charge in [0.2, 0.25) is 0 Å². The van der Waals surface area contributed by atoms with E-state index in [9.17, 15) is 8.42 Å². The zero-order valence-electron chi connectivity index (χ0n) is 13.5. The second-order valence-corrected chi connectivity index (χ2v) is 7.23. The predicted octanol–water partition coefficient (Wildman–Crippen LogP) is 1.57. The topological polar surface area (TPSA) is 81.8 Å². The Morgan fingerprint density at radius 3 is 2.58 bits per heavy atom. The van der Waals surface area contributed by atoms with Crippen LogP contribution in [0.2, 0.25) is 0 Å². The van der Waals surface area contributed by atoms with E-state index < -0.39 is 10.0 Å². The molecule has 0 aliphatic rings. The van der Waals surface area contributed by atoms with Crippen LogP contribution in [0.1, 0.15) is 5.69 Å². The van der Waals surface area contributed by atoms with Crippen molar-refractivity contribution in [1.29, 1.82) is 0 Å². The van der Waals surface area contributed by atoms with Crippen molar-refractivity contribution in [3.05, 3.63) is 54.7 Å². The van der Waals surface area contributed by atoms with Gasteiger partial charge in [-0.3, -0.25) is 0 Å². The van der Waals surface area contributed by atoms with E-state index in [-0.39, 0.29) is 11.6 Å². The van der Waals surface area contributed by atoms with Gasteiger partial charge >= 0.3 is 0 Å². The van der Waals surface area contributed by atoms with Crippen LogP contribution in [-0.2, 0) is 23.6 Å². The van der Waals surface area contributed by atoms with E-state index in [1.807, 2.05) is 41.8 Å². The Kier molecular flexibility index (Phi) is 4.50. The summed E-state index contributed by atoms with van der Waals surface area (Å²) in [5.74, 6) is 0.824. The quantitative estimate of drug-likeness (QED) is 0.735. The van der Waals surface area contributed by atoms with Crippen LogP contribution in [0.15, 0.2) is 54.1 Å². The lowest BCUT2D eigenvalue weighted by molar-refractivity contribution is 0.569. The molecule has 0 aliphatic carbocycles. The van der Waals surface area contributed by atoms with Gasteiger partial charge in [-0.05, 0) is 6.92 Å². The van der Waals surface area contributed by atoms with Gasteiger partial charge in [-0.25, -0.2) is 23.1 Å². The van der Waals surface area contributed by atoms with E-state index in [1.165, 1.54) is 12.5 Å². The molecule has 0 unspecified atom stereocenters. The first-order valence-corrected chi connectivity index (χ1v) is 9.01. The summed E-state index contributed by atoms with van der Waals surface area (Å²) >= 11 is 0. The van der Waals surface area contributed by atoms with Gasteiger partial charge in [0, 0.05) is 43.8 Å². The Balaban J connectivity index is 1.73. The maximum Gasteiger partial charge on any atom is 0.259 e. The maximum absolute atomic E-state index is 12.2. The number of hydrogen-bond acceptors (Lipinski definition) is 4. The molecule has 2 heterocycles. The molecule has 0 atom stereocenters. The number of nitrogens with zero attached hydrogens (tertiary/aromatic N) is 4. The van der Waals surface area contributed by atoms with Gasteiger partial charge in [0.15, 0.2) is 5.03 Å². The van der Waals surface area contributed by atoms with E-state index >= 15 is 0 Å². The molecular weight excluding hydrogens is 326 g/mol. The molecule has 0 spiro atoms. The highest BCUT2D eigenvalue weighted by Crippen LogP contribution is 2.18. The monoisotopic (exact) mass is 345 g/mol. The van der Waals surface area contributed by atoms with Crippen LogP contribution in [0.5, 0.6) is 0 Å². The lowest BCUT2D eigenvalue weighted by Crippen LogP contribution is -2.28. The van der Waals surface area contributed by atoms with Crippen LogP contribution in [0, 0.1) is 6.92 Å². The van der Waals surface area contributed by atoms with E-state index in [2.05, 4.69) is 14.7 Å². The largest absolute Gasteiger partial charge is 0.339 e. The van der Waals surface area contributed by atoms with Crippen molar-refractivity contribution >= 4 is 10.0 Å². The fraction of sp³-hybridized carbons (Fsp3) is 0.250. The lowest BCUT2D eigenvalue weighted by Gasteiger charge is -2.11. The minimum absolute atomic E-state index is 0.0237. The molecule has 0 fully saturated rings. The fourth-order valence-corrected chi connectivity index (χ4v) is 3.45. The number of imidazole rings is 2. The van der Waals surface area contributed by atoms with Crippen molar-refractivity contribution in [2.45, 2.75) is 18.5 Å². The lowest BCUT2D eigenvalue weighted by atomic mass is 10.2. The third kappa shape index (κ3) is 3.39. The molecule has 126 valence electrons. The summed E-state index contributed by atoms with van der Waals surface area (Å²) in [4.78, 5) is 8.31. The minimum Gasteiger partial charge on any atom is -0.339 e. The number of aryl methyl sites for hydroxylation is 2. The van der Waals surface area contributed by atoms with Crippen LogP contribution >= 0.6 is 0 Å². The van der Waals surface area contributed by atoms with E-state index in [4.69, 9.17) is 0 Å². The number of aromatic nitrogens is 4. The van der Waals surface area contributed by atoms with Crippen LogP contribution in [0.3, 0.4) is 0 Å². The van der Waals surface area contributed by atoms with Crippen LogP contribution in [-0.4, -0.2) is 34.1 Å². The summed E-state index contributed by atoms with van der Waals surface area (Å²) in [6.45, 7) is 2.70. The third-order valence-electron chi connectivity index (χ3n) is 3.67. The second-order valence-electron chi connectivity index (χ2n) is 5.52. The van der Waals surface area contributed by atoms with Crippen molar-refractivity contribution < 1.29 is 8.42 Å². The van der Waals surface area contributed by atoms with Gasteiger partial charge in [0.1, 0.15) is 5.82 Å². The normalized spacial score (nSPS) is 11.8. The molecule has 8 heteroatoms. The summed E-state index contributed by atoms with van der Waals surface area (Å²) in [5, 5.41) is 0.0237. The minimum atomic E-state index is -3.60. The molecule has 0 saturated carbocycles. The summed E-state index contributed by atoms with van der Waals surface area (Å²) in [6.07, 6.45) is 4.72. The molecule has 3 rings (SSSR count). The Morgan fingerprint density at radius 1 is 1.17 bits per heavy atom. The molecule has 0 bridgehead atoms. The SMILES string of the molecule is Cc1cnc(-c2ccccc2)n1CCNS(=O)(=O)c1cn(C)cn1. The predicted molar refractivity (Wildman–Crippen MR) is 90.8 cm³/mol. The smallest absolute Gasteiger partial charge is 0.259 e. The molecule has 1 aromatic carbocycles. The van der Waals surface area contributed by atoms with E-state index in [1.54, 1.807) is 17.8 Å². The maximum atomic E-state index is 12.2. The van der Waals surface area contributed by atoms with Crippen molar-refractivity contribution in [2.24, 2.45) is 7.05 Å². The molecule has 24 heavy (non-hydrogen) atoms. The first kappa shape index (κ1) is 16.4. The first-order valence-electron chi connectivity index (χ1n) is 7.52. The summed E-state index contributed by atoms with van der Waals surface area (Å²) in [6, 6.07) is 9.82. The third-order valence-corrected chi connectivity index (χ3v) is 5.02. The second kappa shape index (κ2) is 6.58. The molecule has 1 N–H and O–H groups in total. The van der Waals surface area contributed by atoms with Gasteiger partial charge in [-0.2, -0.15) is 0 Å². The number of rotatable bonds is 6. The Labute approximate surface area is 141 Å². The summed E-state index contributed by atoms with van der Waals surface area (Å²) < 4.78 is 30.6. The summed E-state index contributed by atoms with van der Waals surface area (Å²) in [7, 11) is -1.87. The van der Waals surface area contributed by atoms with E-state index in [0.29, 0.717) is 6.54 Å². The Hall–Kier alpha value is -2.45. The highest BCUT2D eigenvalue weighted by Gasteiger charge is 2.17. The van der Waals surface area contributed by atoms with Crippen molar-refractivity contribution in [3.63, 3.8) is 0 Å². The first-order chi connectivity index (χ1) is 11.5. The molecule has 0 saturated heterocycles.